The Balaban J connectivity index is 2.25. The van der Waals surface area contributed by atoms with Crippen LogP contribution in [0.1, 0.15) is 17.2 Å². The molecule has 0 saturated heterocycles. The topological polar surface area (TPSA) is 26.0 Å². The molecule has 1 unspecified atom stereocenters. The molecular weight excluding hydrogens is 336 g/mol. The molecule has 0 aliphatic carbocycles. The minimum Gasteiger partial charge on any atom is -0.324 e. The van der Waals surface area contributed by atoms with Gasteiger partial charge in [-0.15, -0.1) is 0 Å². The molecule has 0 saturated carbocycles. The van der Waals surface area contributed by atoms with Crippen molar-refractivity contribution < 1.29 is 8.78 Å². The monoisotopic (exact) mass is 345 g/mol. The molecular formula is C14H11BrClF2N. The third-order valence-electron chi connectivity index (χ3n) is 2.78. The van der Waals surface area contributed by atoms with Crippen molar-refractivity contribution in [1.82, 2.24) is 0 Å². The number of hydrogen-bond donors (Lipinski definition) is 1. The largest absolute Gasteiger partial charge is 0.324 e. The van der Waals surface area contributed by atoms with E-state index >= 15 is 0 Å². The Morgan fingerprint density at radius 3 is 2.63 bits per heavy atom. The summed E-state index contributed by atoms with van der Waals surface area (Å²) in [7, 11) is 0. The van der Waals surface area contributed by atoms with Gasteiger partial charge in [-0.3, -0.25) is 0 Å². The first-order chi connectivity index (χ1) is 8.97. The molecule has 0 amide bonds. The lowest BCUT2D eigenvalue weighted by Crippen LogP contribution is -2.14. The number of rotatable bonds is 3. The molecule has 0 bridgehead atoms. The van der Waals surface area contributed by atoms with Gasteiger partial charge in [0.2, 0.25) is 0 Å². The molecule has 0 fully saturated rings. The lowest BCUT2D eigenvalue weighted by molar-refractivity contribution is 0.494. The summed E-state index contributed by atoms with van der Waals surface area (Å²) in [5.41, 5.74) is 7.04. The molecule has 0 aromatic heterocycles. The van der Waals surface area contributed by atoms with Crippen LogP contribution < -0.4 is 5.73 Å². The summed E-state index contributed by atoms with van der Waals surface area (Å²) in [5, 5.41) is 0.541. The fraction of sp³-hybridized carbons (Fsp3) is 0.143. The fourth-order valence-electron chi connectivity index (χ4n) is 1.85. The van der Waals surface area contributed by atoms with E-state index in [0.717, 1.165) is 16.1 Å². The van der Waals surface area contributed by atoms with Crippen LogP contribution in [0, 0.1) is 11.6 Å². The number of nitrogens with two attached hydrogens (primary N) is 1. The van der Waals surface area contributed by atoms with E-state index in [4.69, 9.17) is 17.3 Å². The molecule has 0 spiro atoms. The first kappa shape index (κ1) is 14.4. The fourth-order valence-corrected chi connectivity index (χ4v) is 2.74. The van der Waals surface area contributed by atoms with Crippen LogP contribution in [-0.4, -0.2) is 0 Å². The smallest absolute Gasteiger partial charge is 0.162 e. The van der Waals surface area contributed by atoms with E-state index in [1.807, 2.05) is 6.07 Å². The van der Waals surface area contributed by atoms with E-state index in [9.17, 15) is 8.78 Å². The molecule has 1 nitrogen and oxygen atoms in total. The average molecular weight is 347 g/mol. The highest BCUT2D eigenvalue weighted by Crippen LogP contribution is 2.25. The first-order valence-corrected chi connectivity index (χ1v) is 6.79. The summed E-state index contributed by atoms with van der Waals surface area (Å²) in [5.74, 6) is -1.71. The lowest BCUT2D eigenvalue weighted by atomic mass is 9.99. The van der Waals surface area contributed by atoms with Gasteiger partial charge < -0.3 is 5.73 Å². The maximum atomic E-state index is 13.6. The van der Waals surface area contributed by atoms with Crippen LogP contribution in [0.2, 0.25) is 5.02 Å². The Bertz CT molecular complexity index is 584. The maximum absolute atomic E-state index is 13.6. The first-order valence-electron chi connectivity index (χ1n) is 5.62. The van der Waals surface area contributed by atoms with Crippen molar-refractivity contribution in [3.63, 3.8) is 0 Å². The summed E-state index contributed by atoms with van der Waals surface area (Å²) >= 11 is 9.25. The zero-order chi connectivity index (χ0) is 14.0. The van der Waals surface area contributed by atoms with Crippen molar-refractivity contribution in [2.24, 2.45) is 5.73 Å². The highest BCUT2D eigenvalue weighted by Gasteiger charge is 2.13. The Kier molecular flexibility index (Phi) is 4.55. The Morgan fingerprint density at radius 1 is 1.21 bits per heavy atom. The van der Waals surface area contributed by atoms with E-state index < -0.39 is 17.7 Å². The van der Waals surface area contributed by atoms with Gasteiger partial charge in [0.1, 0.15) is 0 Å². The van der Waals surface area contributed by atoms with Crippen LogP contribution in [0.3, 0.4) is 0 Å². The molecule has 5 heteroatoms. The van der Waals surface area contributed by atoms with Crippen LogP contribution in [0.15, 0.2) is 40.9 Å². The van der Waals surface area contributed by atoms with Gasteiger partial charge in [-0.1, -0.05) is 39.7 Å². The number of hydrogen-bond acceptors (Lipinski definition) is 1. The van der Waals surface area contributed by atoms with Crippen LogP contribution in [0.5, 0.6) is 0 Å². The van der Waals surface area contributed by atoms with Gasteiger partial charge in [-0.25, -0.2) is 8.78 Å². The van der Waals surface area contributed by atoms with Gasteiger partial charge in [0.25, 0.3) is 0 Å². The Hall–Kier alpha value is -0.970. The predicted octanol–water partition coefficient (Wildman–Crippen LogP) is 4.62. The second kappa shape index (κ2) is 5.99. The average Bonchev–Trinajstić information content (AvgIpc) is 2.33. The third-order valence-corrected chi connectivity index (χ3v) is 3.46. The standard InChI is InChI=1S/C14H11BrClF2N/c15-10-4-9(5-11(16)7-10)13(19)6-8-2-1-3-12(17)14(8)18/h1-5,7,13H,6,19H2. The normalized spacial score (nSPS) is 12.5. The second-order valence-electron chi connectivity index (χ2n) is 4.23. The van der Waals surface area contributed by atoms with Crippen molar-refractivity contribution >= 4 is 27.5 Å². The molecule has 0 heterocycles. The van der Waals surface area contributed by atoms with E-state index in [2.05, 4.69) is 15.9 Å². The summed E-state index contributed by atoms with van der Waals surface area (Å²) in [4.78, 5) is 0. The van der Waals surface area contributed by atoms with E-state index in [0.29, 0.717) is 5.02 Å². The third kappa shape index (κ3) is 3.53. The molecule has 2 N–H and O–H groups in total. The second-order valence-corrected chi connectivity index (χ2v) is 5.58. The molecule has 0 radical (unpaired) electrons. The van der Waals surface area contributed by atoms with E-state index in [1.165, 1.54) is 12.1 Å². The quantitative estimate of drug-likeness (QED) is 0.862. The molecule has 0 aliphatic rings. The van der Waals surface area contributed by atoms with Crippen molar-refractivity contribution in [2.75, 3.05) is 0 Å². The van der Waals surface area contributed by atoms with E-state index in [-0.39, 0.29) is 12.0 Å². The van der Waals surface area contributed by atoms with Crippen LogP contribution in [-0.2, 0) is 6.42 Å². The SMILES string of the molecule is NC(Cc1cccc(F)c1F)c1cc(Cl)cc(Br)c1. The van der Waals surface area contributed by atoms with Crippen molar-refractivity contribution in [3.05, 3.63) is 68.7 Å². The van der Waals surface area contributed by atoms with Gasteiger partial charge in [-0.05, 0) is 41.8 Å². The zero-order valence-corrected chi connectivity index (χ0v) is 12.2. The molecule has 2 rings (SSSR count). The van der Waals surface area contributed by atoms with Gasteiger partial charge in [0.15, 0.2) is 11.6 Å². The molecule has 0 aliphatic heterocycles. The zero-order valence-electron chi connectivity index (χ0n) is 9.84. The predicted molar refractivity (Wildman–Crippen MR) is 76.1 cm³/mol. The van der Waals surface area contributed by atoms with Gasteiger partial charge in [-0.2, -0.15) is 0 Å². The summed E-state index contributed by atoms with van der Waals surface area (Å²) in [6, 6.07) is 8.89. The van der Waals surface area contributed by atoms with Crippen molar-refractivity contribution in [3.8, 4) is 0 Å². The van der Waals surface area contributed by atoms with Gasteiger partial charge in [0, 0.05) is 15.5 Å². The lowest BCUT2D eigenvalue weighted by Gasteiger charge is -2.14. The number of halogens is 4. The molecule has 1 atom stereocenters. The van der Waals surface area contributed by atoms with Gasteiger partial charge >= 0.3 is 0 Å². The van der Waals surface area contributed by atoms with Gasteiger partial charge in [0.05, 0.1) is 0 Å². The van der Waals surface area contributed by atoms with Crippen molar-refractivity contribution in [2.45, 2.75) is 12.5 Å². The van der Waals surface area contributed by atoms with Crippen molar-refractivity contribution in [1.29, 1.82) is 0 Å². The van der Waals surface area contributed by atoms with Crippen LogP contribution in [0.25, 0.3) is 0 Å². The summed E-state index contributed by atoms with van der Waals surface area (Å²) in [6.07, 6.45) is 0.205. The molecule has 19 heavy (non-hydrogen) atoms. The Morgan fingerprint density at radius 2 is 1.95 bits per heavy atom. The minimum absolute atomic E-state index is 0.205. The number of benzene rings is 2. The Labute approximate surface area is 123 Å². The summed E-state index contributed by atoms with van der Waals surface area (Å²) in [6.45, 7) is 0. The molecule has 100 valence electrons. The van der Waals surface area contributed by atoms with E-state index in [1.54, 1.807) is 12.1 Å². The highest BCUT2D eigenvalue weighted by molar-refractivity contribution is 9.10. The van der Waals surface area contributed by atoms with Crippen LogP contribution >= 0.6 is 27.5 Å². The summed E-state index contributed by atoms with van der Waals surface area (Å²) < 4.78 is 27.5. The maximum Gasteiger partial charge on any atom is 0.162 e. The minimum atomic E-state index is -0.864. The molecule has 2 aromatic rings. The van der Waals surface area contributed by atoms with Crippen LogP contribution in [0.4, 0.5) is 8.78 Å². The highest BCUT2D eigenvalue weighted by atomic mass is 79.9. The molecule has 2 aromatic carbocycles.